The molecule has 0 bridgehead atoms. The van der Waals surface area contributed by atoms with Gasteiger partial charge in [0.25, 0.3) is 0 Å². The van der Waals surface area contributed by atoms with E-state index in [1.165, 1.54) is 18.6 Å². The van der Waals surface area contributed by atoms with Crippen LogP contribution in [0.1, 0.15) is 24.8 Å². The van der Waals surface area contributed by atoms with Crippen LogP contribution < -0.4 is 5.32 Å². The van der Waals surface area contributed by atoms with Crippen molar-refractivity contribution in [2.75, 3.05) is 13.2 Å². The molecule has 1 unspecified atom stereocenters. The molecule has 1 saturated heterocycles. The van der Waals surface area contributed by atoms with E-state index in [1.54, 1.807) is 6.07 Å². The van der Waals surface area contributed by atoms with Crippen molar-refractivity contribution in [3.63, 3.8) is 0 Å². The molecule has 1 heterocycles. The molecule has 1 aromatic carbocycles. The maximum absolute atomic E-state index is 13.4. The number of nitro groups is 1. The van der Waals surface area contributed by atoms with Crippen molar-refractivity contribution in [2.45, 2.75) is 31.9 Å². The van der Waals surface area contributed by atoms with Crippen molar-refractivity contribution >= 4 is 5.69 Å². The molecule has 104 valence electrons. The van der Waals surface area contributed by atoms with Gasteiger partial charge in [-0.1, -0.05) is 6.07 Å². The van der Waals surface area contributed by atoms with Crippen LogP contribution in [0.5, 0.6) is 0 Å². The predicted molar refractivity (Wildman–Crippen MR) is 68.4 cm³/mol. The molecular formula is C13H17FN2O3. The highest BCUT2D eigenvalue weighted by molar-refractivity contribution is 5.34. The van der Waals surface area contributed by atoms with Crippen molar-refractivity contribution in [1.82, 2.24) is 5.32 Å². The average Bonchev–Trinajstić information content (AvgIpc) is 2.39. The third-order valence-electron chi connectivity index (χ3n) is 3.18. The minimum absolute atomic E-state index is 0.219. The number of halogens is 1. The van der Waals surface area contributed by atoms with Crippen LogP contribution in [0.4, 0.5) is 10.1 Å². The summed E-state index contributed by atoms with van der Waals surface area (Å²) in [7, 11) is 0. The number of benzene rings is 1. The molecule has 1 fully saturated rings. The van der Waals surface area contributed by atoms with E-state index in [9.17, 15) is 14.5 Å². The fraction of sp³-hybridized carbons (Fsp3) is 0.538. The van der Waals surface area contributed by atoms with Crippen LogP contribution in [-0.4, -0.2) is 24.2 Å². The summed E-state index contributed by atoms with van der Waals surface area (Å²) in [4.78, 5) is 9.77. The molecule has 0 saturated carbocycles. The standard InChI is InChI=1S/C13H17FN2O3/c14-12-7-10(4-5-13(12)16(17)18)8-15-9-11-3-1-2-6-19-11/h4-5,7,11,15H,1-3,6,8-9H2. The summed E-state index contributed by atoms with van der Waals surface area (Å²) < 4.78 is 19.0. The van der Waals surface area contributed by atoms with E-state index >= 15 is 0 Å². The summed E-state index contributed by atoms with van der Waals surface area (Å²) in [6.45, 7) is 2.01. The zero-order valence-corrected chi connectivity index (χ0v) is 10.6. The Balaban J connectivity index is 1.82. The molecule has 19 heavy (non-hydrogen) atoms. The van der Waals surface area contributed by atoms with Gasteiger partial charge in [0, 0.05) is 25.8 Å². The summed E-state index contributed by atoms with van der Waals surface area (Å²) in [6, 6.07) is 3.96. The van der Waals surface area contributed by atoms with E-state index in [-0.39, 0.29) is 6.10 Å². The lowest BCUT2D eigenvalue weighted by Gasteiger charge is -2.22. The van der Waals surface area contributed by atoms with Gasteiger partial charge >= 0.3 is 5.69 Å². The van der Waals surface area contributed by atoms with E-state index in [0.717, 1.165) is 26.0 Å². The molecule has 1 atom stereocenters. The van der Waals surface area contributed by atoms with Gasteiger partial charge in [-0.3, -0.25) is 10.1 Å². The predicted octanol–water partition coefficient (Wildman–Crippen LogP) is 2.39. The van der Waals surface area contributed by atoms with Gasteiger partial charge in [-0.15, -0.1) is 0 Å². The van der Waals surface area contributed by atoms with Crippen LogP contribution >= 0.6 is 0 Å². The molecule has 1 aromatic rings. The van der Waals surface area contributed by atoms with Gasteiger partial charge in [-0.25, -0.2) is 0 Å². The lowest BCUT2D eigenvalue weighted by Crippen LogP contribution is -2.31. The molecule has 0 radical (unpaired) electrons. The third-order valence-corrected chi connectivity index (χ3v) is 3.18. The number of nitrogens with one attached hydrogen (secondary N) is 1. The van der Waals surface area contributed by atoms with Crippen molar-refractivity contribution in [2.24, 2.45) is 0 Å². The largest absolute Gasteiger partial charge is 0.377 e. The Morgan fingerprint density at radius 1 is 1.47 bits per heavy atom. The van der Waals surface area contributed by atoms with Crippen molar-refractivity contribution < 1.29 is 14.1 Å². The van der Waals surface area contributed by atoms with Crippen molar-refractivity contribution in [1.29, 1.82) is 0 Å². The van der Waals surface area contributed by atoms with Gasteiger partial charge in [0.1, 0.15) is 0 Å². The fourth-order valence-electron chi connectivity index (χ4n) is 2.15. The van der Waals surface area contributed by atoms with Crippen LogP contribution in [0.25, 0.3) is 0 Å². The monoisotopic (exact) mass is 268 g/mol. The van der Waals surface area contributed by atoms with Crippen molar-refractivity contribution in [3.8, 4) is 0 Å². The minimum atomic E-state index is -0.793. The lowest BCUT2D eigenvalue weighted by atomic mass is 10.1. The highest BCUT2D eigenvalue weighted by Gasteiger charge is 2.15. The van der Waals surface area contributed by atoms with Crippen LogP contribution in [0, 0.1) is 15.9 Å². The second kappa shape index (κ2) is 6.58. The minimum Gasteiger partial charge on any atom is -0.377 e. The molecule has 0 aromatic heterocycles. The molecule has 6 heteroatoms. The van der Waals surface area contributed by atoms with Gasteiger partial charge in [0.05, 0.1) is 11.0 Å². The first kappa shape index (κ1) is 13.9. The summed E-state index contributed by atoms with van der Waals surface area (Å²) in [5.74, 6) is -0.793. The van der Waals surface area contributed by atoms with Crippen LogP contribution in [0.15, 0.2) is 18.2 Å². The van der Waals surface area contributed by atoms with Gasteiger partial charge in [-0.05, 0) is 30.9 Å². The van der Waals surface area contributed by atoms with Crippen LogP contribution in [0.3, 0.4) is 0 Å². The topological polar surface area (TPSA) is 64.4 Å². The van der Waals surface area contributed by atoms with Gasteiger partial charge in [0.15, 0.2) is 0 Å². The Morgan fingerprint density at radius 2 is 2.32 bits per heavy atom. The molecule has 2 rings (SSSR count). The first-order valence-corrected chi connectivity index (χ1v) is 6.42. The number of ether oxygens (including phenoxy) is 1. The third kappa shape index (κ3) is 3.97. The van der Waals surface area contributed by atoms with Gasteiger partial charge in [0.2, 0.25) is 5.82 Å². The van der Waals surface area contributed by atoms with Gasteiger partial charge in [-0.2, -0.15) is 4.39 Å². The lowest BCUT2D eigenvalue weighted by molar-refractivity contribution is -0.387. The van der Waals surface area contributed by atoms with E-state index in [2.05, 4.69) is 5.32 Å². The zero-order valence-electron chi connectivity index (χ0n) is 10.6. The molecule has 1 aliphatic rings. The maximum Gasteiger partial charge on any atom is 0.304 e. The fourth-order valence-corrected chi connectivity index (χ4v) is 2.15. The Kier molecular flexibility index (Phi) is 4.81. The summed E-state index contributed by atoms with van der Waals surface area (Å²) >= 11 is 0. The molecule has 5 nitrogen and oxygen atoms in total. The number of nitro benzene ring substituents is 1. The zero-order chi connectivity index (χ0) is 13.7. The average molecular weight is 268 g/mol. The van der Waals surface area contributed by atoms with Crippen LogP contribution in [0.2, 0.25) is 0 Å². The molecule has 1 N–H and O–H groups in total. The molecule has 0 spiro atoms. The number of hydrogen-bond donors (Lipinski definition) is 1. The Bertz CT molecular complexity index is 448. The summed E-state index contributed by atoms with van der Waals surface area (Å²) in [5, 5.41) is 13.7. The number of hydrogen-bond acceptors (Lipinski definition) is 4. The van der Waals surface area contributed by atoms with Crippen LogP contribution in [-0.2, 0) is 11.3 Å². The van der Waals surface area contributed by atoms with E-state index in [4.69, 9.17) is 4.74 Å². The normalized spacial score (nSPS) is 19.3. The second-order valence-electron chi connectivity index (χ2n) is 4.66. The van der Waals surface area contributed by atoms with Crippen molar-refractivity contribution in [3.05, 3.63) is 39.7 Å². The SMILES string of the molecule is O=[N+]([O-])c1ccc(CNCC2CCCCO2)cc1F. The first-order chi connectivity index (χ1) is 9.16. The highest BCUT2D eigenvalue weighted by atomic mass is 19.1. The molecular weight excluding hydrogens is 251 g/mol. The van der Waals surface area contributed by atoms with Gasteiger partial charge < -0.3 is 10.1 Å². The summed E-state index contributed by atoms with van der Waals surface area (Å²) in [5.41, 5.74) is 0.207. The quantitative estimate of drug-likeness (QED) is 0.658. The van der Waals surface area contributed by atoms with E-state index in [1.807, 2.05) is 0 Å². The summed E-state index contributed by atoms with van der Waals surface area (Å²) in [6.07, 6.45) is 3.56. The Morgan fingerprint density at radius 3 is 2.95 bits per heavy atom. The Hall–Kier alpha value is -1.53. The van der Waals surface area contributed by atoms with E-state index in [0.29, 0.717) is 12.1 Å². The highest BCUT2D eigenvalue weighted by Crippen LogP contribution is 2.18. The maximum atomic E-state index is 13.4. The second-order valence-corrected chi connectivity index (χ2v) is 4.66. The molecule has 0 aliphatic carbocycles. The molecule has 1 aliphatic heterocycles. The van der Waals surface area contributed by atoms with E-state index < -0.39 is 16.4 Å². The first-order valence-electron chi connectivity index (χ1n) is 6.42. The Labute approximate surface area is 110 Å². The number of nitrogens with zero attached hydrogens (tertiary/aromatic N) is 1. The number of rotatable bonds is 5. The smallest absolute Gasteiger partial charge is 0.304 e. The molecule has 0 amide bonds.